The molecule has 0 aromatic heterocycles. The van der Waals surface area contributed by atoms with Crippen LogP contribution in [0.25, 0.3) is 0 Å². The molecule has 1 saturated carbocycles. The lowest BCUT2D eigenvalue weighted by molar-refractivity contribution is -0.121. The summed E-state index contributed by atoms with van der Waals surface area (Å²) in [5, 5.41) is 10.0. The van der Waals surface area contributed by atoms with Crippen molar-refractivity contribution in [3.63, 3.8) is 0 Å². The molecule has 6 nitrogen and oxygen atoms in total. The molecule has 2 bridgehead atoms. The van der Waals surface area contributed by atoms with Crippen LogP contribution in [0.3, 0.4) is 0 Å². The molecule has 1 aliphatic carbocycles. The molecule has 1 amide bonds. The lowest BCUT2D eigenvalue weighted by Crippen LogP contribution is -2.67. The molecule has 1 N–H and O–H groups in total. The molecule has 0 unspecified atom stereocenters. The first-order valence-corrected chi connectivity index (χ1v) is 11.7. The Hall–Kier alpha value is -1.86. The molecule has 0 radical (unpaired) electrons. The number of hydrogen-bond donors (Lipinski definition) is 1. The lowest BCUT2D eigenvalue weighted by Gasteiger charge is -2.58. The number of hydrogen-bond acceptors (Lipinski definition) is 4. The fourth-order valence-corrected chi connectivity index (χ4v) is 6.05. The van der Waals surface area contributed by atoms with E-state index in [1.165, 1.54) is 0 Å². The van der Waals surface area contributed by atoms with Crippen molar-refractivity contribution < 1.29 is 18.3 Å². The fourth-order valence-electron chi connectivity index (χ4n) is 4.73. The van der Waals surface area contributed by atoms with E-state index < -0.39 is 21.6 Å². The highest BCUT2D eigenvalue weighted by Gasteiger charge is 2.51. The van der Waals surface area contributed by atoms with Gasteiger partial charge in [-0.2, -0.15) is 0 Å². The molecule has 3 fully saturated rings. The van der Waals surface area contributed by atoms with E-state index in [2.05, 4.69) is 11.5 Å². The third-order valence-corrected chi connectivity index (χ3v) is 8.09. The van der Waals surface area contributed by atoms with E-state index in [0.717, 1.165) is 37.8 Å². The fraction of sp³-hybridized carbons (Fsp3) is 0.571. The van der Waals surface area contributed by atoms with Gasteiger partial charge in [-0.3, -0.25) is 9.80 Å². The second-order valence-corrected chi connectivity index (χ2v) is 10.1. The summed E-state index contributed by atoms with van der Waals surface area (Å²) in [5.41, 5.74) is 0.306. The van der Waals surface area contributed by atoms with Crippen molar-refractivity contribution in [1.29, 1.82) is 0 Å². The highest BCUT2D eigenvalue weighted by molar-refractivity contribution is 7.91. The summed E-state index contributed by atoms with van der Waals surface area (Å²) in [7, 11) is -3.27. The van der Waals surface area contributed by atoms with Gasteiger partial charge in [0.1, 0.15) is 0 Å². The summed E-state index contributed by atoms with van der Waals surface area (Å²) in [6.07, 6.45) is 5.24. The molecule has 28 heavy (non-hydrogen) atoms. The highest BCUT2D eigenvalue weighted by atomic mass is 32.2. The van der Waals surface area contributed by atoms with E-state index in [4.69, 9.17) is 0 Å². The summed E-state index contributed by atoms with van der Waals surface area (Å²) in [5.74, 6) is 0.759. The molecule has 2 heterocycles. The minimum absolute atomic E-state index is 0.119. The Bertz CT molecular complexity index is 811. The Morgan fingerprint density at radius 1 is 1.32 bits per heavy atom. The standard InChI is InChI=1S/C21H30N2O4S/c1-3-13-22-15-18-9-11-21(22,12-10-18)23(20(24)25)16-17-5-7-19(8-6-17)28(26,27)14-4-2/h3,5-8,18H,1,4,9-16H2,2H3,(H,24,25). The number of rotatable bonds is 8. The maximum absolute atomic E-state index is 12.2. The van der Waals surface area contributed by atoms with Crippen LogP contribution in [0, 0.1) is 5.92 Å². The summed E-state index contributed by atoms with van der Waals surface area (Å²) >= 11 is 0. The van der Waals surface area contributed by atoms with Crippen LogP contribution in [0.15, 0.2) is 41.8 Å². The van der Waals surface area contributed by atoms with Crippen molar-refractivity contribution in [3.8, 4) is 0 Å². The Balaban J connectivity index is 1.85. The second-order valence-electron chi connectivity index (χ2n) is 7.95. The SMILES string of the molecule is C=CCN1CC2CCC1(N(Cc1ccc(S(=O)(=O)CCC)cc1)C(=O)O)CC2. The van der Waals surface area contributed by atoms with Crippen LogP contribution >= 0.6 is 0 Å². The van der Waals surface area contributed by atoms with E-state index in [0.29, 0.717) is 23.8 Å². The molecule has 7 heteroatoms. The zero-order valence-corrected chi connectivity index (χ0v) is 17.3. The molecule has 2 saturated heterocycles. The van der Waals surface area contributed by atoms with Gasteiger partial charge in [-0.1, -0.05) is 25.1 Å². The molecule has 3 aliphatic rings. The van der Waals surface area contributed by atoms with Crippen LogP contribution in [-0.4, -0.2) is 53.9 Å². The van der Waals surface area contributed by atoms with Gasteiger partial charge in [0.25, 0.3) is 0 Å². The first kappa shape index (κ1) is 20.9. The first-order chi connectivity index (χ1) is 13.3. The van der Waals surface area contributed by atoms with E-state index >= 15 is 0 Å². The van der Waals surface area contributed by atoms with E-state index in [1.807, 2.05) is 13.0 Å². The van der Waals surface area contributed by atoms with Crippen LogP contribution < -0.4 is 0 Å². The van der Waals surface area contributed by atoms with Crippen molar-refractivity contribution >= 4 is 15.9 Å². The van der Waals surface area contributed by atoms with E-state index in [1.54, 1.807) is 29.2 Å². The van der Waals surface area contributed by atoms with E-state index in [-0.39, 0.29) is 12.3 Å². The third-order valence-electron chi connectivity index (χ3n) is 6.15. The average Bonchev–Trinajstić information content (AvgIpc) is 2.67. The van der Waals surface area contributed by atoms with Crippen molar-refractivity contribution in [2.24, 2.45) is 5.92 Å². The van der Waals surface area contributed by atoms with Gasteiger partial charge >= 0.3 is 6.09 Å². The van der Waals surface area contributed by atoms with Gasteiger partial charge in [-0.25, -0.2) is 13.2 Å². The molecule has 2 aliphatic heterocycles. The number of carboxylic acid groups (broad SMARTS) is 1. The van der Waals surface area contributed by atoms with Crippen LogP contribution in [0.4, 0.5) is 4.79 Å². The number of piperidine rings is 2. The van der Waals surface area contributed by atoms with Gasteiger partial charge < -0.3 is 5.11 Å². The van der Waals surface area contributed by atoms with Crippen LogP contribution in [0.1, 0.15) is 44.6 Å². The van der Waals surface area contributed by atoms with Crippen molar-refractivity contribution in [3.05, 3.63) is 42.5 Å². The van der Waals surface area contributed by atoms with Crippen molar-refractivity contribution in [2.45, 2.75) is 56.1 Å². The van der Waals surface area contributed by atoms with E-state index in [9.17, 15) is 18.3 Å². The first-order valence-electron chi connectivity index (χ1n) is 10.0. The van der Waals surface area contributed by atoms with Gasteiger partial charge in [0.15, 0.2) is 9.84 Å². The summed E-state index contributed by atoms with van der Waals surface area (Å²) in [6.45, 7) is 7.51. The monoisotopic (exact) mass is 406 g/mol. The molecular weight excluding hydrogens is 376 g/mol. The second kappa shape index (κ2) is 8.25. The molecule has 0 spiro atoms. The number of fused-ring (bicyclic) bond motifs is 3. The predicted molar refractivity (Wildman–Crippen MR) is 109 cm³/mol. The number of carbonyl (C=O) groups is 1. The molecular formula is C21H30N2O4S. The molecule has 1 aromatic carbocycles. The Labute approximate surface area is 167 Å². The summed E-state index contributed by atoms with van der Waals surface area (Å²) in [4.78, 5) is 16.3. The third kappa shape index (κ3) is 3.96. The Kier molecular flexibility index (Phi) is 6.15. The van der Waals surface area contributed by atoms with Gasteiger partial charge in [0, 0.05) is 13.1 Å². The van der Waals surface area contributed by atoms with Crippen molar-refractivity contribution in [2.75, 3.05) is 18.8 Å². The molecule has 154 valence electrons. The number of nitrogens with zero attached hydrogens (tertiary/aromatic N) is 2. The number of amides is 1. The van der Waals surface area contributed by atoms with Crippen LogP contribution in [-0.2, 0) is 16.4 Å². The Morgan fingerprint density at radius 2 is 1.96 bits per heavy atom. The summed E-state index contributed by atoms with van der Waals surface area (Å²) < 4.78 is 24.4. The topological polar surface area (TPSA) is 77.9 Å². The maximum atomic E-state index is 12.2. The quantitative estimate of drug-likeness (QED) is 0.666. The Morgan fingerprint density at radius 3 is 2.50 bits per heavy atom. The zero-order chi connectivity index (χ0) is 20.4. The molecule has 4 rings (SSSR count). The van der Waals surface area contributed by atoms with Crippen LogP contribution in [0.5, 0.6) is 0 Å². The summed E-state index contributed by atoms with van der Waals surface area (Å²) in [6, 6.07) is 6.66. The smallest absolute Gasteiger partial charge is 0.409 e. The van der Waals surface area contributed by atoms with Gasteiger partial charge in [0.2, 0.25) is 0 Å². The lowest BCUT2D eigenvalue weighted by atomic mass is 9.74. The van der Waals surface area contributed by atoms with Gasteiger partial charge in [-0.05, 0) is 55.7 Å². The average molecular weight is 407 g/mol. The largest absolute Gasteiger partial charge is 0.465 e. The number of sulfone groups is 1. The molecule has 1 aromatic rings. The number of benzene rings is 1. The predicted octanol–water partition coefficient (Wildman–Crippen LogP) is 3.74. The van der Waals surface area contributed by atoms with Gasteiger partial charge in [-0.15, -0.1) is 6.58 Å². The van der Waals surface area contributed by atoms with Crippen LogP contribution in [0.2, 0.25) is 0 Å². The van der Waals surface area contributed by atoms with Crippen molar-refractivity contribution in [1.82, 2.24) is 9.80 Å². The molecule has 0 atom stereocenters. The highest BCUT2D eigenvalue weighted by Crippen LogP contribution is 2.45. The normalized spacial score (nSPS) is 24.8. The minimum atomic E-state index is -3.27. The maximum Gasteiger partial charge on any atom is 0.409 e. The van der Waals surface area contributed by atoms with Gasteiger partial charge in [0.05, 0.1) is 22.9 Å². The minimum Gasteiger partial charge on any atom is -0.465 e. The zero-order valence-electron chi connectivity index (χ0n) is 16.5.